The molecule has 90 valence electrons. The number of hydrogen-bond donors (Lipinski definition) is 1. The van der Waals surface area contributed by atoms with E-state index in [0.717, 1.165) is 10.0 Å². The summed E-state index contributed by atoms with van der Waals surface area (Å²) in [4.78, 5) is 1.17. The molecule has 0 aliphatic heterocycles. The molecule has 1 nitrogen and oxygen atoms in total. The van der Waals surface area contributed by atoms with Crippen LogP contribution in [-0.2, 0) is 0 Å². The van der Waals surface area contributed by atoms with Crippen molar-refractivity contribution in [1.29, 1.82) is 0 Å². The van der Waals surface area contributed by atoms with Crippen LogP contribution in [0, 0.1) is 5.92 Å². The Morgan fingerprint density at radius 1 is 1.19 bits per heavy atom. The van der Waals surface area contributed by atoms with Gasteiger partial charge in [0.25, 0.3) is 0 Å². The van der Waals surface area contributed by atoms with E-state index < -0.39 is 6.10 Å². The second-order valence-electron chi connectivity index (χ2n) is 4.43. The highest BCUT2D eigenvalue weighted by Crippen LogP contribution is 2.35. The van der Waals surface area contributed by atoms with Crippen molar-refractivity contribution < 1.29 is 5.11 Å². The van der Waals surface area contributed by atoms with Gasteiger partial charge in [0.15, 0.2) is 0 Å². The van der Waals surface area contributed by atoms with Crippen molar-refractivity contribution in [3.05, 3.63) is 28.2 Å². The van der Waals surface area contributed by atoms with Crippen LogP contribution in [0.4, 0.5) is 0 Å². The minimum absolute atomic E-state index is 0.407. The molecule has 0 heterocycles. The van der Waals surface area contributed by atoms with Gasteiger partial charge in [0.05, 0.1) is 6.10 Å². The fourth-order valence-electron chi connectivity index (χ4n) is 1.29. The molecule has 0 saturated carbocycles. The van der Waals surface area contributed by atoms with E-state index in [4.69, 9.17) is 0 Å². The van der Waals surface area contributed by atoms with Gasteiger partial charge in [-0.15, -0.1) is 11.8 Å². The molecule has 1 N–H and O–H groups in total. The van der Waals surface area contributed by atoms with E-state index >= 15 is 0 Å². The summed E-state index contributed by atoms with van der Waals surface area (Å²) in [5.74, 6) is 0.630. The molecule has 0 aliphatic carbocycles. The fraction of sp³-hybridized carbons (Fsp3) is 0.538. The standard InChI is InChI=1S/C13H19BrOS/c1-8(2)10(4)16-13-7-11(14)5-6-12(13)9(3)15/h5-10,15H,1-4H3. The van der Waals surface area contributed by atoms with Gasteiger partial charge < -0.3 is 5.11 Å². The molecule has 1 aromatic rings. The predicted molar refractivity (Wildman–Crippen MR) is 74.9 cm³/mol. The van der Waals surface area contributed by atoms with Crippen LogP contribution >= 0.6 is 27.7 Å². The number of halogens is 1. The Hall–Kier alpha value is 0.01000. The fourth-order valence-corrected chi connectivity index (χ4v) is 3.05. The Labute approximate surface area is 111 Å². The molecule has 1 rings (SSSR count). The van der Waals surface area contributed by atoms with Gasteiger partial charge in [-0.1, -0.05) is 42.8 Å². The maximum atomic E-state index is 9.72. The van der Waals surface area contributed by atoms with E-state index in [9.17, 15) is 5.11 Å². The summed E-state index contributed by atoms with van der Waals surface area (Å²) in [6, 6.07) is 6.06. The molecule has 2 unspecified atom stereocenters. The zero-order valence-electron chi connectivity index (χ0n) is 10.2. The first kappa shape index (κ1) is 14.1. The summed E-state index contributed by atoms with van der Waals surface area (Å²) >= 11 is 5.31. The molecule has 0 bridgehead atoms. The monoisotopic (exact) mass is 302 g/mol. The maximum Gasteiger partial charge on any atom is 0.0772 e. The SMILES string of the molecule is CC(O)c1ccc(Br)cc1SC(C)C(C)C. The zero-order chi connectivity index (χ0) is 12.3. The highest BCUT2D eigenvalue weighted by atomic mass is 79.9. The number of hydrogen-bond acceptors (Lipinski definition) is 2. The van der Waals surface area contributed by atoms with Crippen molar-refractivity contribution in [3.63, 3.8) is 0 Å². The highest BCUT2D eigenvalue weighted by molar-refractivity contribution is 9.10. The number of aliphatic hydroxyl groups excluding tert-OH is 1. The number of rotatable bonds is 4. The summed E-state index contributed by atoms with van der Waals surface area (Å²) in [5.41, 5.74) is 1.01. The molecule has 0 radical (unpaired) electrons. The molecule has 2 atom stereocenters. The van der Waals surface area contributed by atoms with Crippen LogP contribution in [0.5, 0.6) is 0 Å². The van der Waals surface area contributed by atoms with Crippen molar-refractivity contribution in [3.8, 4) is 0 Å². The minimum Gasteiger partial charge on any atom is -0.389 e. The third-order valence-corrected chi connectivity index (χ3v) is 4.69. The topological polar surface area (TPSA) is 20.2 Å². The largest absolute Gasteiger partial charge is 0.389 e. The molecule has 0 spiro atoms. The number of aliphatic hydroxyl groups is 1. The van der Waals surface area contributed by atoms with Gasteiger partial charge in [-0.25, -0.2) is 0 Å². The van der Waals surface area contributed by atoms with E-state index in [2.05, 4.69) is 42.8 Å². The van der Waals surface area contributed by atoms with Crippen LogP contribution in [0.1, 0.15) is 39.4 Å². The predicted octanol–water partition coefficient (Wildman–Crippen LogP) is 4.64. The van der Waals surface area contributed by atoms with Gasteiger partial charge in [0.1, 0.15) is 0 Å². The summed E-state index contributed by atoms with van der Waals surface area (Å²) in [5, 5.41) is 10.3. The normalized spacial score (nSPS) is 15.2. The van der Waals surface area contributed by atoms with Crippen molar-refractivity contribution in [2.45, 2.75) is 43.9 Å². The van der Waals surface area contributed by atoms with Crippen molar-refractivity contribution >= 4 is 27.7 Å². The van der Waals surface area contributed by atoms with Crippen LogP contribution in [0.15, 0.2) is 27.6 Å². The second kappa shape index (κ2) is 6.08. The van der Waals surface area contributed by atoms with Gasteiger partial charge in [0, 0.05) is 14.6 Å². The maximum absolute atomic E-state index is 9.72. The van der Waals surface area contributed by atoms with Gasteiger partial charge in [0.2, 0.25) is 0 Å². The van der Waals surface area contributed by atoms with Crippen LogP contribution in [0.3, 0.4) is 0 Å². The lowest BCUT2D eigenvalue weighted by Gasteiger charge is -2.18. The van der Waals surface area contributed by atoms with Gasteiger partial charge in [-0.3, -0.25) is 0 Å². The number of benzene rings is 1. The molecule has 0 amide bonds. The molecule has 0 fully saturated rings. The average molecular weight is 303 g/mol. The summed E-state index contributed by atoms with van der Waals surface area (Å²) in [6.07, 6.45) is -0.407. The van der Waals surface area contributed by atoms with Crippen LogP contribution in [-0.4, -0.2) is 10.4 Å². The minimum atomic E-state index is -0.407. The molecular formula is C13H19BrOS. The molecule has 0 aromatic heterocycles. The van der Waals surface area contributed by atoms with Crippen molar-refractivity contribution in [2.24, 2.45) is 5.92 Å². The van der Waals surface area contributed by atoms with Gasteiger partial charge in [-0.05, 0) is 30.5 Å². The van der Waals surface area contributed by atoms with Crippen molar-refractivity contribution in [2.75, 3.05) is 0 Å². The molecule has 0 aliphatic rings. The molecule has 16 heavy (non-hydrogen) atoms. The second-order valence-corrected chi connectivity index (χ2v) is 6.76. The van der Waals surface area contributed by atoms with Gasteiger partial charge in [-0.2, -0.15) is 0 Å². The first-order valence-electron chi connectivity index (χ1n) is 5.56. The Morgan fingerprint density at radius 2 is 1.81 bits per heavy atom. The Bertz CT molecular complexity index is 350. The Kier molecular flexibility index (Phi) is 5.35. The summed E-state index contributed by atoms with van der Waals surface area (Å²) in [6.45, 7) is 8.48. The first-order chi connectivity index (χ1) is 7.41. The van der Waals surface area contributed by atoms with E-state index in [1.54, 1.807) is 0 Å². The lowest BCUT2D eigenvalue weighted by Crippen LogP contribution is -2.06. The van der Waals surface area contributed by atoms with Crippen molar-refractivity contribution in [1.82, 2.24) is 0 Å². The van der Waals surface area contributed by atoms with E-state index in [1.807, 2.05) is 30.8 Å². The Morgan fingerprint density at radius 3 is 2.31 bits per heavy atom. The van der Waals surface area contributed by atoms with E-state index in [-0.39, 0.29) is 0 Å². The smallest absolute Gasteiger partial charge is 0.0772 e. The first-order valence-corrected chi connectivity index (χ1v) is 7.23. The van der Waals surface area contributed by atoms with Crippen LogP contribution in [0.25, 0.3) is 0 Å². The zero-order valence-corrected chi connectivity index (χ0v) is 12.6. The highest BCUT2D eigenvalue weighted by Gasteiger charge is 2.14. The third kappa shape index (κ3) is 3.79. The van der Waals surface area contributed by atoms with Gasteiger partial charge >= 0.3 is 0 Å². The summed E-state index contributed by atoms with van der Waals surface area (Å²) < 4.78 is 1.07. The number of thioether (sulfide) groups is 1. The summed E-state index contributed by atoms with van der Waals surface area (Å²) in [7, 11) is 0. The van der Waals surface area contributed by atoms with Crippen LogP contribution < -0.4 is 0 Å². The average Bonchev–Trinajstić information content (AvgIpc) is 2.16. The quantitative estimate of drug-likeness (QED) is 0.818. The van der Waals surface area contributed by atoms with Crippen LogP contribution in [0.2, 0.25) is 0 Å². The molecule has 3 heteroatoms. The third-order valence-electron chi connectivity index (χ3n) is 2.68. The molecular weight excluding hydrogens is 284 g/mol. The Balaban J connectivity index is 2.96. The lowest BCUT2D eigenvalue weighted by molar-refractivity contribution is 0.196. The van der Waals surface area contributed by atoms with E-state index in [1.165, 1.54) is 4.90 Å². The molecule has 1 aromatic carbocycles. The van der Waals surface area contributed by atoms with E-state index in [0.29, 0.717) is 11.2 Å². The lowest BCUT2D eigenvalue weighted by atomic mass is 10.1. The molecule has 0 saturated heterocycles.